The van der Waals surface area contributed by atoms with Gasteiger partial charge in [0.15, 0.2) is 0 Å². The van der Waals surface area contributed by atoms with Crippen LogP contribution in [0.5, 0.6) is 0 Å². The predicted octanol–water partition coefficient (Wildman–Crippen LogP) is 1.43. The van der Waals surface area contributed by atoms with E-state index < -0.39 is 0 Å². The Bertz CT molecular complexity index is 165. The molecule has 2 N–H and O–H groups in total. The summed E-state index contributed by atoms with van der Waals surface area (Å²) in [6, 6.07) is 0.640. The van der Waals surface area contributed by atoms with E-state index in [1.165, 1.54) is 12.8 Å². The molecule has 0 unspecified atom stereocenters. The minimum atomic E-state index is 0.213. The largest absolute Gasteiger partial charge is 0.356 e. The third kappa shape index (κ3) is 4.61. The molecule has 1 rings (SSSR count). The number of rotatable bonds is 6. The van der Waals surface area contributed by atoms with Crippen LogP contribution in [0.2, 0.25) is 0 Å². The lowest BCUT2D eigenvalue weighted by Crippen LogP contribution is -2.30. The van der Waals surface area contributed by atoms with Crippen LogP contribution in [0.4, 0.5) is 0 Å². The predicted molar refractivity (Wildman–Crippen MR) is 58.2 cm³/mol. The fourth-order valence-electron chi connectivity index (χ4n) is 1.81. The van der Waals surface area contributed by atoms with E-state index in [9.17, 15) is 4.79 Å². The molecule has 0 saturated carbocycles. The first kappa shape index (κ1) is 11.5. The normalized spacial score (nSPS) is 21.1. The number of carbonyl (C=O) groups is 1. The van der Waals surface area contributed by atoms with Gasteiger partial charge >= 0.3 is 0 Å². The number of hydrogen-bond acceptors (Lipinski definition) is 2. The van der Waals surface area contributed by atoms with Gasteiger partial charge in [0.1, 0.15) is 0 Å². The first-order chi connectivity index (χ1) is 6.83. The van der Waals surface area contributed by atoms with E-state index in [1.807, 2.05) is 0 Å². The standard InChI is InChI=1S/C11H22N2O/c1-2-3-6-11(14)13-9-7-10-5-4-8-12-10/h10,12H,2-9H2,1H3,(H,13,14)/t10-/m1/s1. The smallest absolute Gasteiger partial charge is 0.219 e. The molecule has 0 aliphatic carbocycles. The maximum Gasteiger partial charge on any atom is 0.219 e. The zero-order chi connectivity index (χ0) is 10.2. The van der Waals surface area contributed by atoms with Gasteiger partial charge in [-0.3, -0.25) is 4.79 Å². The van der Waals surface area contributed by atoms with Crippen molar-refractivity contribution >= 4 is 5.91 Å². The SMILES string of the molecule is CCCCC(=O)NCC[C@H]1CCCN1. The topological polar surface area (TPSA) is 41.1 Å². The number of nitrogens with one attached hydrogen (secondary N) is 2. The molecule has 0 radical (unpaired) electrons. The third-order valence-electron chi connectivity index (χ3n) is 2.73. The minimum absolute atomic E-state index is 0.213. The van der Waals surface area contributed by atoms with Gasteiger partial charge in [0, 0.05) is 19.0 Å². The first-order valence-electron chi connectivity index (χ1n) is 5.83. The van der Waals surface area contributed by atoms with Gasteiger partial charge in [-0.25, -0.2) is 0 Å². The average molecular weight is 198 g/mol. The Kier molecular flexibility index (Phi) is 5.60. The number of unbranched alkanes of at least 4 members (excludes halogenated alkanes) is 1. The fraction of sp³-hybridized carbons (Fsp3) is 0.909. The Morgan fingerprint density at radius 1 is 1.57 bits per heavy atom. The highest BCUT2D eigenvalue weighted by atomic mass is 16.1. The van der Waals surface area contributed by atoms with Crippen LogP contribution >= 0.6 is 0 Å². The van der Waals surface area contributed by atoms with Gasteiger partial charge in [0.2, 0.25) is 5.91 Å². The van der Waals surface area contributed by atoms with E-state index in [2.05, 4.69) is 17.6 Å². The second-order valence-electron chi connectivity index (χ2n) is 4.04. The third-order valence-corrected chi connectivity index (χ3v) is 2.73. The van der Waals surface area contributed by atoms with Crippen LogP contribution in [-0.2, 0) is 4.79 Å². The summed E-state index contributed by atoms with van der Waals surface area (Å²) in [5.41, 5.74) is 0. The lowest BCUT2D eigenvalue weighted by atomic mass is 10.1. The Hall–Kier alpha value is -0.570. The molecule has 1 amide bonds. The molecule has 0 aromatic rings. The molecule has 0 spiro atoms. The van der Waals surface area contributed by atoms with Gasteiger partial charge in [0.25, 0.3) is 0 Å². The molecule has 0 bridgehead atoms. The first-order valence-corrected chi connectivity index (χ1v) is 5.83. The second-order valence-corrected chi connectivity index (χ2v) is 4.04. The van der Waals surface area contributed by atoms with Crippen LogP contribution in [-0.4, -0.2) is 25.0 Å². The number of amides is 1. The molecule has 1 saturated heterocycles. The second kappa shape index (κ2) is 6.82. The van der Waals surface area contributed by atoms with Crippen LogP contribution in [0, 0.1) is 0 Å². The van der Waals surface area contributed by atoms with Crippen LogP contribution in [0.3, 0.4) is 0 Å². The van der Waals surface area contributed by atoms with Gasteiger partial charge < -0.3 is 10.6 Å². The molecular weight excluding hydrogens is 176 g/mol. The highest BCUT2D eigenvalue weighted by molar-refractivity contribution is 5.75. The minimum Gasteiger partial charge on any atom is -0.356 e. The van der Waals surface area contributed by atoms with Gasteiger partial charge in [0.05, 0.1) is 0 Å². The molecule has 1 heterocycles. The Morgan fingerprint density at radius 3 is 3.07 bits per heavy atom. The van der Waals surface area contributed by atoms with Gasteiger partial charge in [-0.1, -0.05) is 13.3 Å². The molecule has 3 nitrogen and oxygen atoms in total. The Morgan fingerprint density at radius 2 is 2.43 bits per heavy atom. The molecule has 0 aromatic heterocycles. The van der Waals surface area contributed by atoms with E-state index in [-0.39, 0.29) is 5.91 Å². The summed E-state index contributed by atoms with van der Waals surface area (Å²) in [5.74, 6) is 0.213. The maximum absolute atomic E-state index is 11.2. The molecule has 82 valence electrons. The maximum atomic E-state index is 11.2. The van der Waals surface area contributed by atoms with Crippen molar-refractivity contribution in [3.63, 3.8) is 0 Å². The molecule has 14 heavy (non-hydrogen) atoms. The van der Waals surface area contributed by atoms with Crippen molar-refractivity contribution in [2.24, 2.45) is 0 Å². The van der Waals surface area contributed by atoms with E-state index in [0.29, 0.717) is 12.5 Å². The van der Waals surface area contributed by atoms with Crippen LogP contribution in [0.1, 0.15) is 45.4 Å². The van der Waals surface area contributed by atoms with Crippen molar-refractivity contribution in [1.29, 1.82) is 0 Å². The van der Waals surface area contributed by atoms with Crippen LogP contribution < -0.4 is 10.6 Å². The molecule has 1 aliphatic heterocycles. The molecule has 1 fully saturated rings. The number of hydrogen-bond donors (Lipinski definition) is 2. The molecule has 3 heteroatoms. The van der Waals surface area contributed by atoms with E-state index in [0.717, 1.165) is 32.4 Å². The lowest BCUT2D eigenvalue weighted by Gasteiger charge is -2.10. The monoisotopic (exact) mass is 198 g/mol. The van der Waals surface area contributed by atoms with Crippen molar-refractivity contribution in [3.8, 4) is 0 Å². The van der Waals surface area contributed by atoms with Crippen molar-refractivity contribution in [2.75, 3.05) is 13.1 Å². The summed E-state index contributed by atoms with van der Waals surface area (Å²) in [6.45, 7) is 4.09. The number of carbonyl (C=O) groups excluding carboxylic acids is 1. The zero-order valence-corrected chi connectivity index (χ0v) is 9.14. The van der Waals surface area contributed by atoms with Crippen LogP contribution in [0.25, 0.3) is 0 Å². The average Bonchev–Trinajstić information content (AvgIpc) is 2.67. The highest BCUT2D eigenvalue weighted by Crippen LogP contribution is 2.07. The van der Waals surface area contributed by atoms with Gasteiger partial charge in [-0.15, -0.1) is 0 Å². The lowest BCUT2D eigenvalue weighted by molar-refractivity contribution is -0.121. The van der Waals surface area contributed by atoms with Crippen molar-refractivity contribution in [2.45, 2.75) is 51.5 Å². The quantitative estimate of drug-likeness (QED) is 0.678. The Balaban J connectivity index is 1.94. The van der Waals surface area contributed by atoms with Crippen LogP contribution in [0.15, 0.2) is 0 Å². The fourth-order valence-corrected chi connectivity index (χ4v) is 1.81. The van der Waals surface area contributed by atoms with E-state index in [1.54, 1.807) is 0 Å². The summed E-state index contributed by atoms with van der Waals surface area (Å²) < 4.78 is 0. The summed E-state index contributed by atoms with van der Waals surface area (Å²) in [4.78, 5) is 11.2. The summed E-state index contributed by atoms with van der Waals surface area (Å²) >= 11 is 0. The molecule has 0 aromatic carbocycles. The highest BCUT2D eigenvalue weighted by Gasteiger charge is 2.13. The summed E-state index contributed by atoms with van der Waals surface area (Å²) in [7, 11) is 0. The molecule has 1 aliphatic rings. The Labute approximate surface area is 86.6 Å². The summed E-state index contributed by atoms with van der Waals surface area (Å²) in [6.07, 6.45) is 6.43. The van der Waals surface area contributed by atoms with Crippen molar-refractivity contribution in [1.82, 2.24) is 10.6 Å². The van der Waals surface area contributed by atoms with Gasteiger partial charge in [-0.2, -0.15) is 0 Å². The van der Waals surface area contributed by atoms with Gasteiger partial charge in [-0.05, 0) is 32.2 Å². The van der Waals surface area contributed by atoms with Crippen molar-refractivity contribution < 1.29 is 4.79 Å². The van der Waals surface area contributed by atoms with E-state index in [4.69, 9.17) is 0 Å². The summed E-state index contributed by atoms with van der Waals surface area (Å²) in [5, 5.41) is 6.39. The van der Waals surface area contributed by atoms with E-state index >= 15 is 0 Å². The molecular formula is C11H22N2O. The molecule has 1 atom stereocenters. The van der Waals surface area contributed by atoms with Crippen molar-refractivity contribution in [3.05, 3.63) is 0 Å². The zero-order valence-electron chi connectivity index (χ0n) is 9.14.